The maximum absolute atomic E-state index is 13.0. The summed E-state index contributed by atoms with van der Waals surface area (Å²) in [6.07, 6.45) is 2.90. The molecule has 132 valence electrons. The number of aryl methyl sites for hydroxylation is 1. The second kappa shape index (κ2) is 6.93. The van der Waals surface area contributed by atoms with Gasteiger partial charge in [-0.2, -0.15) is 5.10 Å². The van der Waals surface area contributed by atoms with Crippen LogP contribution in [0.25, 0.3) is 0 Å². The van der Waals surface area contributed by atoms with E-state index in [0.717, 1.165) is 5.69 Å². The zero-order chi connectivity index (χ0) is 17.3. The fourth-order valence-electron chi connectivity index (χ4n) is 3.82. The second-order valence-corrected chi connectivity index (χ2v) is 6.47. The van der Waals surface area contributed by atoms with Crippen molar-refractivity contribution in [3.63, 3.8) is 0 Å². The van der Waals surface area contributed by atoms with Crippen LogP contribution in [-0.2, 0) is 21.4 Å². The zero-order valence-corrected chi connectivity index (χ0v) is 14.6. The SMILES string of the molecule is CCOC1CN(C(=O)[C@H]2CCC(=O)N(CC)[C@@H]2c2ccnn2C)C1. The van der Waals surface area contributed by atoms with Gasteiger partial charge in [-0.1, -0.05) is 0 Å². The van der Waals surface area contributed by atoms with Gasteiger partial charge in [0.2, 0.25) is 11.8 Å². The maximum Gasteiger partial charge on any atom is 0.228 e. The lowest BCUT2D eigenvalue weighted by Crippen LogP contribution is -2.58. The molecule has 2 saturated heterocycles. The summed E-state index contributed by atoms with van der Waals surface area (Å²) in [7, 11) is 1.86. The van der Waals surface area contributed by atoms with E-state index in [0.29, 0.717) is 39.1 Å². The van der Waals surface area contributed by atoms with Crippen molar-refractivity contribution in [2.45, 2.75) is 38.8 Å². The van der Waals surface area contributed by atoms with Crippen LogP contribution in [0.15, 0.2) is 12.3 Å². The van der Waals surface area contributed by atoms with Gasteiger partial charge in [-0.05, 0) is 26.3 Å². The molecule has 2 aliphatic heterocycles. The van der Waals surface area contributed by atoms with Crippen molar-refractivity contribution in [1.82, 2.24) is 19.6 Å². The molecule has 7 nitrogen and oxygen atoms in total. The number of likely N-dealkylation sites (tertiary alicyclic amines) is 2. The van der Waals surface area contributed by atoms with Gasteiger partial charge in [-0.15, -0.1) is 0 Å². The first-order valence-electron chi connectivity index (χ1n) is 8.74. The van der Waals surface area contributed by atoms with Crippen molar-refractivity contribution in [3.8, 4) is 0 Å². The van der Waals surface area contributed by atoms with Gasteiger partial charge in [0.25, 0.3) is 0 Å². The van der Waals surface area contributed by atoms with Crippen molar-refractivity contribution in [3.05, 3.63) is 18.0 Å². The smallest absolute Gasteiger partial charge is 0.228 e. The first-order chi connectivity index (χ1) is 11.6. The van der Waals surface area contributed by atoms with E-state index in [1.807, 2.05) is 36.8 Å². The van der Waals surface area contributed by atoms with Crippen molar-refractivity contribution in [2.24, 2.45) is 13.0 Å². The highest BCUT2D eigenvalue weighted by atomic mass is 16.5. The van der Waals surface area contributed by atoms with E-state index in [4.69, 9.17) is 4.74 Å². The maximum atomic E-state index is 13.0. The van der Waals surface area contributed by atoms with Crippen molar-refractivity contribution < 1.29 is 14.3 Å². The fourth-order valence-corrected chi connectivity index (χ4v) is 3.82. The molecule has 0 aromatic carbocycles. The van der Waals surface area contributed by atoms with Gasteiger partial charge in [0.1, 0.15) is 0 Å². The first kappa shape index (κ1) is 17.0. The molecule has 0 saturated carbocycles. The number of ether oxygens (including phenoxy) is 1. The average Bonchev–Trinajstić information content (AvgIpc) is 2.95. The molecule has 1 aromatic heterocycles. The number of carbonyl (C=O) groups excluding carboxylic acids is 2. The number of hydrogen-bond acceptors (Lipinski definition) is 4. The predicted molar refractivity (Wildman–Crippen MR) is 88.1 cm³/mol. The third-order valence-electron chi connectivity index (χ3n) is 5.09. The van der Waals surface area contributed by atoms with E-state index in [1.54, 1.807) is 10.9 Å². The van der Waals surface area contributed by atoms with Crippen LogP contribution >= 0.6 is 0 Å². The Morgan fingerprint density at radius 1 is 1.38 bits per heavy atom. The van der Waals surface area contributed by atoms with E-state index in [9.17, 15) is 9.59 Å². The summed E-state index contributed by atoms with van der Waals surface area (Å²) >= 11 is 0. The minimum absolute atomic E-state index is 0.114. The summed E-state index contributed by atoms with van der Waals surface area (Å²) in [5.41, 5.74) is 0.921. The lowest BCUT2D eigenvalue weighted by molar-refractivity contribution is -0.157. The number of aromatic nitrogens is 2. The summed E-state index contributed by atoms with van der Waals surface area (Å²) < 4.78 is 7.32. The normalized spacial score (nSPS) is 25.0. The van der Waals surface area contributed by atoms with Gasteiger partial charge in [-0.3, -0.25) is 14.3 Å². The molecule has 2 aliphatic rings. The van der Waals surface area contributed by atoms with Crippen LogP contribution in [0, 0.1) is 5.92 Å². The Kier molecular flexibility index (Phi) is 4.89. The lowest BCUT2D eigenvalue weighted by atomic mass is 9.84. The van der Waals surface area contributed by atoms with Gasteiger partial charge < -0.3 is 14.5 Å². The molecule has 1 aromatic rings. The molecule has 24 heavy (non-hydrogen) atoms. The summed E-state index contributed by atoms with van der Waals surface area (Å²) in [5.74, 6) is 0.0345. The summed E-state index contributed by atoms with van der Waals surface area (Å²) in [6, 6.07) is 1.67. The molecule has 0 spiro atoms. The Morgan fingerprint density at radius 2 is 2.12 bits per heavy atom. The third-order valence-corrected chi connectivity index (χ3v) is 5.09. The molecule has 2 atom stereocenters. The van der Waals surface area contributed by atoms with Crippen LogP contribution in [-0.4, -0.2) is 63.7 Å². The summed E-state index contributed by atoms with van der Waals surface area (Å²) in [5, 5.41) is 4.23. The van der Waals surface area contributed by atoms with Crippen molar-refractivity contribution >= 4 is 11.8 Å². The largest absolute Gasteiger partial charge is 0.375 e. The molecule has 2 fully saturated rings. The number of carbonyl (C=O) groups is 2. The van der Waals surface area contributed by atoms with E-state index in [2.05, 4.69) is 5.10 Å². The van der Waals surface area contributed by atoms with Crippen LogP contribution in [0.5, 0.6) is 0 Å². The van der Waals surface area contributed by atoms with Crippen LogP contribution in [0.3, 0.4) is 0 Å². The molecule has 0 aliphatic carbocycles. The standard InChI is InChI=1S/C17H26N4O3/c1-4-21-15(22)7-6-13(16(21)14-8-9-18-19(14)3)17(23)20-10-12(11-20)24-5-2/h8-9,12-13,16H,4-7,10-11H2,1-3H3/t13-,16-/m0/s1. The molecule has 3 heterocycles. The molecule has 0 radical (unpaired) electrons. The second-order valence-electron chi connectivity index (χ2n) is 6.47. The minimum atomic E-state index is -0.234. The van der Waals surface area contributed by atoms with Crippen molar-refractivity contribution in [1.29, 1.82) is 0 Å². The minimum Gasteiger partial charge on any atom is -0.375 e. The Morgan fingerprint density at radius 3 is 2.71 bits per heavy atom. The molecule has 3 rings (SSSR count). The van der Waals surface area contributed by atoms with Crippen LogP contribution < -0.4 is 0 Å². The first-order valence-corrected chi connectivity index (χ1v) is 8.74. The average molecular weight is 334 g/mol. The Hall–Kier alpha value is -1.89. The van der Waals surface area contributed by atoms with Gasteiger partial charge in [0.15, 0.2) is 0 Å². The number of nitrogens with zero attached hydrogens (tertiary/aromatic N) is 4. The predicted octanol–water partition coefficient (Wildman–Crippen LogP) is 0.967. The number of piperidine rings is 1. The van der Waals surface area contributed by atoms with E-state index >= 15 is 0 Å². The molecule has 2 amide bonds. The lowest BCUT2D eigenvalue weighted by Gasteiger charge is -2.45. The molecule has 0 N–H and O–H groups in total. The zero-order valence-electron chi connectivity index (χ0n) is 14.6. The van der Waals surface area contributed by atoms with Crippen LogP contribution in [0.1, 0.15) is 38.4 Å². The number of amides is 2. The van der Waals surface area contributed by atoms with Gasteiger partial charge in [0, 0.05) is 45.9 Å². The quantitative estimate of drug-likeness (QED) is 0.805. The molecule has 0 bridgehead atoms. The molecular weight excluding hydrogens is 308 g/mol. The fraction of sp³-hybridized carbons (Fsp3) is 0.706. The topological polar surface area (TPSA) is 67.7 Å². The summed E-state index contributed by atoms with van der Waals surface area (Å²) in [6.45, 7) is 6.51. The van der Waals surface area contributed by atoms with E-state index in [1.165, 1.54) is 0 Å². The highest BCUT2D eigenvalue weighted by Crippen LogP contribution is 2.38. The van der Waals surface area contributed by atoms with Gasteiger partial charge in [0.05, 0.1) is 23.8 Å². The van der Waals surface area contributed by atoms with E-state index in [-0.39, 0.29) is 29.9 Å². The number of rotatable bonds is 5. The summed E-state index contributed by atoms with van der Waals surface area (Å²) in [4.78, 5) is 29.1. The molecular formula is C17H26N4O3. The third kappa shape index (κ3) is 2.92. The highest BCUT2D eigenvalue weighted by molar-refractivity contribution is 5.85. The van der Waals surface area contributed by atoms with Gasteiger partial charge >= 0.3 is 0 Å². The van der Waals surface area contributed by atoms with Crippen LogP contribution in [0.4, 0.5) is 0 Å². The highest BCUT2D eigenvalue weighted by Gasteiger charge is 2.45. The molecule has 7 heteroatoms. The monoisotopic (exact) mass is 334 g/mol. The Bertz CT molecular complexity index is 609. The number of hydrogen-bond donors (Lipinski definition) is 0. The molecule has 0 unspecified atom stereocenters. The van der Waals surface area contributed by atoms with Crippen LogP contribution in [0.2, 0.25) is 0 Å². The Balaban J connectivity index is 1.81. The van der Waals surface area contributed by atoms with E-state index < -0.39 is 0 Å². The Labute approximate surface area is 142 Å². The van der Waals surface area contributed by atoms with Crippen molar-refractivity contribution in [2.75, 3.05) is 26.2 Å². The van der Waals surface area contributed by atoms with Gasteiger partial charge in [-0.25, -0.2) is 0 Å².